The molecule has 0 unspecified atom stereocenters. The number of sulfonamides is 1. The van der Waals surface area contributed by atoms with Gasteiger partial charge in [0.25, 0.3) is 10.0 Å². The van der Waals surface area contributed by atoms with E-state index in [-0.39, 0.29) is 4.90 Å². The summed E-state index contributed by atoms with van der Waals surface area (Å²) in [5.41, 5.74) is 3.88. The van der Waals surface area contributed by atoms with E-state index in [0.29, 0.717) is 18.2 Å². The second-order valence-electron chi connectivity index (χ2n) is 6.68. The van der Waals surface area contributed by atoms with Crippen LogP contribution in [0.15, 0.2) is 65.8 Å². The number of benzene rings is 2. The van der Waals surface area contributed by atoms with E-state index >= 15 is 0 Å². The zero-order chi connectivity index (χ0) is 18.7. The minimum absolute atomic E-state index is 0.244. The molecule has 1 aromatic heterocycles. The Kier molecular flexibility index (Phi) is 5.13. The molecule has 0 saturated carbocycles. The quantitative estimate of drug-likeness (QED) is 0.709. The standard InChI is InChI=1S/C20H23N3O2S/c1-15(2)17-8-10-20(11-9-17)26(24,25)22-19-12-21-23(14-19)13-18-7-5-4-6-16(18)3/h4-12,14-15,22H,13H2,1-3H3. The molecule has 0 saturated heterocycles. The number of nitrogens with one attached hydrogen (secondary N) is 1. The summed E-state index contributed by atoms with van der Waals surface area (Å²) >= 11 is 0. The highest BCUT2D eigenvalue weighted by molar-refractivity contribution is 7.92. The lowest BCUT2D eigenvalue weighted by atomic mass is 10.0. The molecule has 2 aromatic carbocycles. The van der Waals surface area contributed by atoms with E-state index in [1.165, 1.54) is 11.8 Å². The summed E-state index contributed by atoms with van der Waals surface area (Å²) in [5.74, 6) is 0.361. The number of nitrogens with zero attached hydrogens (tertiary/aromatic N) is 2. The Bertz CT molecular complexity index is 990. The van der Waals surface area contributed by atoms with Crippen molar-refractivity contribution in [1.82, 2.24) is 9.78 Å². The van der Waals surface area contributed by atoms with Crippen molar-refractivity contribution < 1.29 is 8.42 Å². The van der Waals surface area contributed by atoms with E-state index in [2.05, 4.69) is 23.7 Å². The molecule has 0 fully saturated rings. The van der Waals surface area contributed by atoms with Crippen molar-refractivity contribution in [3.05, 3.63) is 77.6 Å². The van der Waals surface area contributed by atoms with Gasteiger partial charge < -0.3 is 0 Å². The fourth-order valence-corrected chi connectivity index (χ4v) is 3.74. The highest BCUT2D eigenvalue weighted by Crippen LogP contribution is 2.20. The van der Waals surface area contributed by atoms with E-state index in [1.807, 2.05) is 43.3 Å². The summed E-state index contributed by atoms with van der Waals surface area (Å²) < 4.78 is 29.4. The van der Waals surface area contributed by atoms with Gasteiger partial charge in [-0.2, -0.15) is 5.10 Å². The van der Waals surface area contributed by atoms with Crippen LogP contribution in [0.5, 0.6) is 0 Å². The third kappa shape index (κ3) is 4.14. The zero-order valence-electron chi connectivity index (χ0n) is 15.2. The molecule has 1 N–H and O–H groups in total. The smallest absolute Gasteiger partial charge is 0.261 e. The molecule has 26 heavy (non-hydrogen) atoms. The monoisotopic (exact) mass is 369 g/mol. The fraction of sp³-hybridized carbons (Fsp3) is 0.250. The van der Waals surface area contributed by atoms with Crippen molar-refractivity contribution in [1.29, 1.82) is 0 Å². The lowest BCUT2D eigenvalue weighted by Gasteiger charge is -2.09. The van der Waals surface area contributed by atoms with Crippen LogP contribution >= 0.6 is 0 Å². The summed E-state index contributed by atoms with van der Waals surface area (Å²) in [6.07, 6.45) is 3.23. The first kappa shape index (κ1) is 18.2. The van der Waals surface area contributed by atoms with Crippen molar-refractivity contribution in [3.63, 3.8) is 0 Å². The van der Waals surface area contributed by atoms with Crippen molar-refractivity contribution in [2.75, 3.05) is 4.72 Å². The molecule has 0 spiro atoms. The van der Waals surface area contributed by atoms with Crippen LogP contribution in [0.3, 0.4) is 0 Å². The lowest BCUT2D eigenvalue weighted by Crippen LogP contribution is -2.12. The second kappa shape index (κ2) is 7.33. The average molecular weight is 369 g/mol. The molecule has 0 amide bonds. The minimum atomic E-state index is -3.63. The first-order chi connectivity index (χ1) is 12.3. The summed E-state index contributed by atoms with van der Waals surface area (Å²) in [6.45, 7) is 6.79. The normalized spacial score (nSPS) is 11.7. The number of hydrogen-bond donors (Lipinski definition) is 1. The Morgan fingerprint density at radius 1 is 1.08 bits per heavy atom. The van der Waals surface area contributed by atoms with Gasteiger partial charge in [-0.25, -0.2) is 8.42 Å². The predicted molar refractivity (Wildman–Crippen MR) is 104 cm³/mol. The van der Waals surface area contributed by atoms with Gasteiger partial charge in [0.15, 0.2) is 0 Å². The molecule has 1 heterocycles. The fourth-order valence-electron chi connectivity index (χ4n) is 2.71. The van der Waals surface area contributed by atoms with Gasteiger partial charge in [-0.15, -0.1) is 0 Å². The van der Waals surface area contributed by atoms with Gasteiger partial charge in [0.2, 0.25) is 0 Å². The Hall–Kier alpha value is -2.60. The van der Waals surface area contributed by atoms with E-state index in [4.69, 9.17) is 0 Å². The first-order valence-corrected chi connectivity index (χ1v) is 10.0. The number of aryl methyl sites for hydroxylation is 1. The van der Waals surface area contributed by atoms with Crippen LogP contribution in [-0.4, -0.2) is 18.2 Å². The van der Waals surface area contributed by atoms with Gasteiger partial charge >= 0.3 is 0 Å². The Morgan fingerprint density at radius 2 is 1.77 bits per heavy atom. The predicted octanol–water partition coefficient (Wildman–Crippen LogP) is 4.16. The van der Waals surface area contributed by atoms with E-state index in [9.17, 15) is 8.42 Å². The maximum absolute atomic E-state index is 12.6. The van der Waals surface area contributed by atoms with Crippen LogP contribution in [-0.2, 0) is 16.6 Å². The highest BCUT2D eigenvalue weighted by atomic mass is 32.2. The van der Waals surface area contributed by atoms with Gasteiger partial charge in [-0.3, -0.25) is 9.40 Å². The van der Waals surface area contributed by atoms with Crippen molar-refractivity contribution >= 4 is 15.7 Å². The van der Waals surface area contributed by atoms with Gasteiger partial charge in [0.1, 0.15) is 0 Å². The van der Waals surface area contributed by atoms with Crippen LogP contribution in [0.2, 0.25) is 0 Å². The van der Waals surface area contributed by atoms with E-state index in [0.717, 1.165) is 11.1 Å². The average Bonchev–Trinajstić information content (AvgIpc) is 3.03. The third-order valence-electron chi connectivity index (χ3n) is 4.34. The summed E-state index contributed by atoms with van der Waals surface area (Å²) in [7, 11) is -3.63. The van der Waals surface area contributed by atoms with Crippen LogP contribution in [0.25, 0.3) is 0 Å². The molecule has 5 nitrogen and oxygen atoms in total. The molecule has 0 aliphatic heterocycles. The Morgan fingerprint density at radius 3 is 2.42 bits per heavy atom. The van der Waals surface area contributed by atoms with Crippen LogP contribution in [0, 0.1) is 6.92 Å². The zero-order valence-corrected chi connectivity index (χ0v) is 16.0. The van der Waals surface area contributed by atoms with Gasteiger partial charge in [0.05, 0.1) is 23.3 Å². The van der Waals surface area contributed by atoms with Crippen molar-refractivity contribution in [2.45, 2.75) is 38.1 Å². The molecule has 3 rings (SSSR count). The van der Waals surface area contributed by atoms with Crippen LogP contribution < -0.4 is 4.72 Å². The molecular formula is C20H23N3O2S. The van der Waals surface area contributed by atoms with E-state index in [1.54, 1.807) is 23.0 Å². The summed E-state index contributed by atoms with van der Waals surface area (Å²) in [6, 6.07) is 15.0. The number of rotatable bonds is 6. The first-order valence-electron chi connectivity index (χ1n) is 8.55. The lowest BCUT2D eigenvalue weighted by molar-refractivity contribution is 0.601. The van der Waals surface area contributed by atoms with Crippen molar-refractivity contribution in [3.8, 4) is 0 Å². The number of anilines is 1. The molecule has 0 aliphatic carbocycles. The molecule has 136 valence electrons. The third-order valence-corrected chi connectivity index (χ3v) is 5.73. The molecule has 3 aromatic rings. The topological polar surface area (TPSA) is 64.0 Å². The largest absolute Gasteiger partial charge is 0.276 e. The highest BCUT2D eigenvalue weighted by Gasteiger charge is 2.15. The molecular weight excluding hydrogens is 346 g/mol. The van der Waals surface area contributed by atoms with Gasteiger partial charge in [-0.1, -0.05) is 50.2 Å². The van der Waals surface area contributed by atoms with Crippen molar-refractivity contribution in [2.24, 2.45) is 0 Å². The maximum Gasteiger partial charge on any atom is 0.261 e. The molecule has 0 aliphatic rings. The number of hydrogen-bond acceptors (Lipinski definition) is 3. The molecule has 0 atom stereocenters. The Balaban J connectivity index is 1.74. The number of aromatic nitrogens is 2. The second-order valence-corrected chi connectivity index (χ2v) is 8.36. The molecule has 0 radical (unpaired) electrons. The molecule has 6 heteroatoms. The minimum Gasteiger partial charge on any atom is -0.276 e. The van der Waals surface area contributed by atoms with Crippen LogP contribution in [0.1, 0.15) is 36.5 Å². The van der Waals surface area contributed by atoms with E-state index < -0.39 is 10.0 Å². The summed E-state index contributed by atoms with van der Waals surface area (Å²) in [5, 5.41) is 4.26. The van der Waals surface area contributed by atoms with Gasteiger partial charge in [0, 0.05) is 6.20 Å². The van der Waals surface area contributed by atoms with Crippen LogP contribution in [0.4, 0.5) is 5.69 Å². The Labute approximate surface area is 154 Å². The SMILES string of the molecule is Cc1ccccc1Cn1cc(NS(=O)(=O)c2ccc(C(C)C)cc2)cn1. The summed E-state index contributed by atoms with van der Waals surface area (Å²) in [4.78, 5) is 0.244. The maximum atomic E-state index is 12.6. The van der Waals surface area contributed by atoms with Gasteiger partial charge in [-0.05, 0) is 41.7 Å². The molecule has 0 bridgehead atoms.